The van der Waals surface area contributed by atoms with E-state index < -0.39 is 69.3 Å². The fraction of sp³-hybridized carbons (Fsp3) is 0.600. The molecule has 0 spiro atoms. The molecule has 240 valence electrons. The standard InChI is InChI=1S/C35H47NO8/c1-11-13-23(32(42)44-12-2)36-22-15-14-21-18(6)33(9)20(8)34(10)26(16(3)4)17(5)24(19(7)37)30(40)35(34,43)31(41)27(33)29(39)25(21)28(22)38/h14-16,18,20,23,26,36,38-39,43H,11-13H2,1-10H3/t18-,20-,23?,26+,33-,34-,35+/m0/s1. The summed E-state index contributed by atoms with van der Waals surface area (Å²) in [4.78, 5) is 54.3. The lowest BCUT2D eigenvalue weighted by atomic mass is 9.37. The Morgan fingerprint density at radius 1 is 1.07 bits per heavy atom. The van der Waals surface area contributed by atoms with Crippen molar-refractivity contribution in [1.82, 2.24) is 0 Å². The molecule has 4 rings (SSSR count). The topological polar surface area (TPSA) is 150 Å². The molecule has 0 bridgehead atoms. The van der Waals surface area contributed by atoms with Gasteiger partial charge in [0, 0.05) is 16.4 Å². The van der Waals surface area contributed by atoms with Gasteiger partial charge in [-0.15, -0.1) is 0 Å². The molecule has 1 saturated carbocycles. The van der Waals surface area contributed by atoms with Gasteiger partial charge >= 0.3 is 5.97 Å². The molecule has 0 saturated heterocycles. The van der Waals surface area contributed by atoms with Crippen LogP contribution in [0.5, 0.6) is 5.75 Å². The predicted molar refractivity (Wildman–Crippen MR) is 167 cm³/mol. The van der Waals surface area contributed by atoms with E-state index in [1.807, 2.05) is 41.5 Å². The summed E-state index contributed by atoms with van der Waals surface area (Å²) in [5.41, 5.74) is -4.00. The maximum Gasteiger partial charge on any atom is 0.328 e. The first kappa shape index (κ1) is 33.4. The van der Waals surface area contributed by atoms with Crippen LogP contribution in [-0.2, 0) is 23.9 Å². The van der Waals surface area contributed by atoms with E-state index in [2.05, 4.69) is 5.32 Å². The van der Waals surface area contributed by atoms with Crippen LogP contribution in [0, 0.1) is 28.6 Å². The molecule has 4 N–H and O–H groups in total. The molecule has 0 amide bonds. The minimum Gasteiger partial charge on any atom is -0.507 e. The van der Waals surface area contributed by atoms with E-state index in [1.165, 1.54) is 6.92 Å². The molecule has 0 heterocycles. The first-order valence-electron chi connectivity index (χ1n) is 15.7. The summed E-state index contributed by atoms with van der Waals surface area (Å²) >= 11 is 0. The number of allylic oxidation sites excluding steroid dienone is 1. The smallest absolute Gasteiger partial charge is 0.328 e. The zero-order valence-corrected chi connectivity index (χ0v) is 27.5. The van der Waals surface area contributed by atoms with Crippen LogP contribution in [-0.4, -0.2) is 56.9 Å². The molecule has 0 radical (unpaired) electrons. The fourth-order valence-electron chi connectivity index (χ4n) is 8.96. The Kier molecular flexibility index (Phi) is 8.48. The molecule has 1 aromatic carbocycles. The van der Waals surface area contributed by atoms with Crippen molar-refractivity contribution in [2.75, 3.05) is 11.9 Å². The van der Waals surface area contributed by atoms with Gasteiger partial charge in [0.1, 0.15) is 17.6 Å². The number of carbonyl (C=O) groups excluding carboxylic acids is 4. The number of phenols is 1. The molecular weight excluding hydrogens is 562 g/mol. The van der Waals surface area contributed by atoms with Gasteiger partial charge in [-0.3, -0.25) is 14.4 Å². The Bertz CT molecular complexity index is 1500. The molecule has 0 aromatic heterocycles. The van der Waals surface area contributed by atoms with Crippen molar-refractivity contribution >= 4 is 34.8 Å². The second-order valence-corrected chi connectivity index (χ2v) is 13.6. The van der Waals surface area contributed by atoms with Gasteiger partial charge in [-0.1, -0.05) is 66.5 Å². The Balaban J connectivity index is 2.00. The van der Waals surface area contributed by atoms with Gasteiger partial charge in [0.2, 0.25) is 11.6 Å². The minimum absolute atomic E-state index is 0.00372. The Labute approximate surface area is 259 Å². The van der Waals surface area contributed by atoms with Crippen LogP contribution in [0.15, 0.2) is 28.9 Å². The lowest BCUT2D eigenvalue weighted by molar-refractivity contribution is -0.194. The maximum absolute atomic E-state index is 14.7. The highest BCUT2D eigenvalue weighted by atomic mass is 16.5. The number of aliphatic hydroxyl groups excluding tert-OH is 1. The lowest BCUT2D eigenvalue weighted by Crippen LogP contribution is -2.74. The molecule has 44 heavy (non-hydrogen) atoms. The molecule has 1 fully saturated rings. The summed E-state index contributed by atoms with van der Waals surface area (Å²) in [6.45, 7) is 18.1. The number of phenolic OH excluding ortho intramolecular Hbond substituents is 1. The van der Waals surface area contributed by atoms with Crippen molar-refractivity contribution < 1.29 is 39.2 Å². The van der Waals surface area contributed by atoms with Crippen LogP contribution in [0.1, 0.15) is 99.1 Å². The zero-order valence-electron chi connectivity index (χ0n) is 27.5. The fourth-order valence-corrected chi connectivity index (χ4v) is 8.96. The minimum atomic E-state index is -2.62. The van der Waals surface area contributed by atoms with E-state index in [4.69, 9.17) is 4.74 Å². The zero-order chi connectivity index (χ0) is 33.3. The highest BCUT2D eigenvalue weighted by Crippen LogP contribution is 2.70. The molecular formula is C35H47NO8. The van der Waals surface area contributed by atoms with Crippen LogP contribution in [0.4, 0.5) is 5.69 Å². The Hall–Kier alpha value is -3.46. The number of hydrogen-bond donors (Lipinski definition) is 4. The first-order valence-corrected chi connectivity index (χ1v) is 15.7. The number of nitrogens with one attached hydrogen (secondary N) is 1. The average Bonchev–Trinajstić information content (AvgIpc) is 2.94. The van der Waals surface area contributed by atoms with Crippen LogP contribution in [0.2, 0.25) is 0 Å². The van der Waals surface area contributed by atoms with Crippen molar-refractivity contribution in [2.24, 2.45) is 28.6 Å². The van der Waals surface area contributed by atoms with Crippen molar-refractivity contribution in [3.8, 4) is 5.75 Å². The summed E-state index contributed by atoms with van der Waals surface area (Å²) in [6.07, 6.45) is 1.10. The number of benzene rings is 1. The van der Waals surface area contributed by atoms with Gasteiger partial charge in [-0.25, -0.2) is 4.79 Å². The number of carbonyl (C=O) groups is 4. The second kappa shape index (κ2) is 11.2. The monoisotopic (exact) mass is 609 g/mol. The van der Waals surface area contributed by atoms with E-state index in [9.17, 15) is 34.5 Å². The number of rotatable bonds is 8. The number of esters is 1. The SMILES string of the molecule is CCCC(Nc1ccc2c(c1O)C(O)=C1C(=O)[C@]3(O)C(=O)C(C(C)=O)=C(C)[C@@H](C(C)C)[C@]3(C)[C@@H](C)[C@]1(C)[C@H]2C)C(=O)OCC. The third-order valence-corrected chi connectivity index (χ3v) is 11.3. The van der Waals surface area contributed by atoms with E-state index in [1.54, 1.807) is 32.9 Å². The number of aromatic hydroxyl groups is 1. The van der Waals surface area contributed by atoms with E-state index in [0.29, 0.717) is 24.0 Å². The number of ketones is 3. The van der Waals surface area contributed by atoms with E-state index >= 15 is 0 Å². The van der Waals surface area contributed by atoms with Crippen LogP contribution < -0.4 is 5.32 Å². The lowest BCUT2D eigenvalue weighted by Gasteiger charge is -2.65. The molecule has 9 heteroatoms. The number of ether oxygens (including phenoxy) is 1. The molecule has 9 nitrogen and oxygen atoms in total. The first-order chi connectivity index (χ1) is 20.4. The van der Waals surface area contributed by atoms with Crippen molar-refractivity contribution in [3.63, 3.8) is 0 Å². The van der Waals surface area contributed by atoms with E-state index in [0.717, 1.165) is 0 Å². The molecule has 0 aliphatic heterocycles. The van der Waals surface area contributed by atoms with Gasteiger partial charge in [0.05, 0.1) is 23.4 Å². The van der Waals surface area contributed by atoms with Gasteiger partial charge in [0.15, 0.2) is 11.4 Å². The van der Waals surface area contributed by atoms with Crippen molar-refractivity contribution in [2.45, 2.75) is 99.6 Å². The highest BCUT2D eigenvalue weighted by Gasteiger charge is 2.75. The molecule has 1 unspecified atom stereocenters. The molecule has 1 aromatic rings. The number of Topliss-reactive ketones (excluding diaryl/α,β-unsaturated/α-hetero) is 3. The molecule has 3 aliphatic rings. The van der Waals surface area contributed by atoms with Gasteiger partial charge < -0.3 is 25.4 Å². The Morgan fingerprint density at radius 2 is 1.68 bits per heavy atom. The molecule has 7 atom stereocenters. The van der Waals surface area contributed by atoms with Gasteiger partial charge in [0.25, 0.3) is 0 Å². The number of fused-ring (bicyclic) bond motifs is 3. The predicted octanol–water partition coefficient (Wildman–Crippen LogP) is 5.65. The largest absolute Gasteiger partial charge is 0.507 e. The quantitative estimate of drug-likeness (QED) is 0.127. The van der Waals surface area contributed by atoms with Gasteiger partial charge in [-0.2, -0.15) is 0 Å². The van der Waals surface area contributed by atoms with Gasteiger partial charge in [-0.05, 0) is 62.5 Å². The third kappa shape index (κ3) is 4.14. The number of aliphatic hydroxyl groups is 2. The van der Waals surface area contributed by atoms with Crippen molar-refractivity contribution in [1.29, 1.82) is 0 Å². The Morgan fingerprint density at radius 3 is 2.20 bits per heavy atom. The molecule has 3 aliphatic carbocycles. The summed E-state index contributed by atoms with van der Waals surface area (Å²) in [5.74, 6) is -5.40. The highest BCUT2D eigenvalue weighted by molar-refractivity contribution is 6.33. The summed E-state index contributed by atoms with van der Waals surface area (Å²) < 4.78 is 5.19. The number of anilines is 1. The van der Waals surface area contributed by atoms with Crippen LogP contribution >= 0.6 is 0 Å². The number of hydrogen-bond acceptors (Lipinski definition) is 9. The third-order valence-electron chi connectivity index (χ3n) is 11.3. The van der Waals surface area contributed by atoms with E-state index in [-0.39, 0.29) is 40.7 Å². The van der Waals surface area contributed by atoms with Crippen molar-refractivity contribution in [3.05, 3.63) is 40.0 Å². The summed E-state index contributed by atoms with van der Waals surface area (Å²) in [5, 5.41) is 39.0. The van der Waals surface area contributed by atoms with Crippen LogP contribution in [0.3, 0.4) is 0 Å². The van der Waals surface area contributed by atoms with Crippen LogP contribution in [0.25, 0.3) is 5.76 Å². The normalized spacial score (nSPS) is 32.2. The maximum atomic E-state index is 14.7. The summed E-state index contributed by atoms with van der Waals surface area (Å²) in [6, 6.07) is 2.66. The average molecular weight is 610 g/mol. The second-order valence-electron chi connectivity index (χ2n) is 13.6. The summed E-state index contributed by atoms with van der Waals surface area (Å²) in [7, 11) is 0.